The Balaban J connectivity index is 1.77. The van der Waals surface area contributed by atoms with Gasteiger partial charge in [-0.2, -0.15) is 0 Å². The van der Waals surface area contributed by atoms with Crippen molar-refractivity contribution in [2.45, 2.75) is 25.9 Å². The lowest BCUT2D eigenvalue weighted by molar-refractivity contribution is -0.119. The molecular weight excluding hydrogens is 406 g/mol. The zero-order chi connectivity index (χ0) is 22.8. The summed E-state index contributed by atoms with van der Waals surface area (Å²) >= 11 is 0. The molecule has 168 valence electrons. The maximum absolute atomic E-state index is 11.8. The molecule has 1 aromatic heterocycles. The molecule has 0 radical (unpaired) electrons. The number of hydrogen-bond donors (Lipinski definition) is 0. The predicted molar refractivity (Wildman–Crippen MR) is 123 cm³/mol. The highest BCUT2D eigenvalue weighted by molar-refractivity contribution is 5.89. The van der Waals surface area contributed by atoms with Crippen LogP contribution in [0.3, 0.4) is 0 Å². The second kappa shape index (κ2) is 9.04. The number of aromatic nitrogens is 1. The number of ether oxygens (including phenoxy) is 2. The van der Waals surface area contributed by atoms with E-state index in [2.05, 4.69) is 28.5 Å². The van der Waals surface area contributed by atoms with E-state index in [0.29, 0.717) is 24.7 Å². The van der Waals surface area contributed by atoms with Gasteiger partial charge in [-0.05, 0) is 47.4 Å². The second-order valence-electron chi connectivity index (χ2n) is 8.43. The average molecular weight is 436 g/mol. The topological polar surface area (TPSA) is 64.0 Å². The number of esters is 1. The molecule has 1 aliphatic heterocycles. The van der Waals surface area contributed by atoms with Crippen LogP contribution >= 0.6 is 0 Å². The van der Waals surface area contributed by atoms with Crippen molar-refractivity contribution in [1.29, 1.82) is 0 Å². The minimum absolute atomic E-state index is 0.316. The van der Waals surface area contributed by atoms with Gasteiger partial charge in [-0.15, -0.1) is 0 Å². The molecule has 0 fully saturated rings. The second-order valence-corrected chi connectivity index (χ2v) is 8.43. The first kappa shape index (κ1) is 21.9. The van der Waals surface area contributed by atoms with Crippen LogP contribution in [-0.2, 0) is 22.6 Å². The Bertz CT molecular complexity index is 1140. The molecule has 2 heterocycles. The van der Waals surface area contributed by atoms with Crippen molar-refractivity contribution >= 4 is 23.3 Å². The largest absolute Gasteiger partial charge is 0.497 e. The van der Waals surface area contributed by atoms with Gasteiger partial charge in [-0.3, -0.25) is 9.69 Å². The Labute approximate surface area is 188 Å². The first-order chi connectivity index (χ1) is 15.4. The van der Waals surface area contributed by atoms with Gasteiger partial charge in [0.25, 0.3) is 0 Å². The SMILES string of the molecule is COC(=O)c1ccc(Cn2c3c(c4cc(OC)ccc42)C(C)CN(CN(C)C=O)C3)cc1. The highest BCUT2D eigenvalue weighted by Crippen LogP contribution is 2.38. The molecule has 7 heteroatoms. The quantitative estimate of drug-likeness (QED) is 0.420. The lowest BCUT2D eigenvalue weighted by atomic mass is 9.93. The van der Waals surface area contributed by atoms with Gasteiger partial charge in [0.05, 0.1) is 26.5 Å². The van der Waals surface area contributed by atoms with Crippen molar-refractivity contribution in [2.24, 2.45) is 0 Å². The number of hydrogen-bond acceptors (Lipinski definition) is 5. The van der Waals surface area contributed by atoms with E-state index in [9.17, 15) is 9.59 Å². The fourth-order valence-corrected chi connectivity index (χ4v) is 4.70. The fourth-order valence-electron chi connectivity index (χ4n) is 4.70. The van der Waals surface area contributed by atoms with E-state index in [1.807, 2.05) is 18.2 Å². The molecule has 32 heavy (non-hydrogen) atoms. The highest BCUT2D eigenvalue weighted by Gasteiger charge is 2.29. The molecule has 0 saturated carbocycles. The number of nitrogens with zero attached hydrogens (tertiary/aromatic N) is 3. The van der Waals surface area contributed by atoms with Crippen LogP contribution in [0.5, 0.6) is 5.75 Å². The third kappa shape index (κ3) is 4.08. The van der Waals surface area contributed by atoms with Gasteiger partial charge < -0.3 is 18.9 Å². The molecule has 3 aromatic rings. The molecule has 0 bridgehead atoms. The van der Waals surface area contributed by atoms with Crippen LogP contribution < -0.4 is 4.74 Å². The van der Waals surface area contributed by atoms with Gasteiger partial charge in [0.1, 0.15) is 5.75 Å². The number of rotatable bonds is 7. The van der Waals surface area contributed by atoms with Crippen molar-refractivity contribution in [1.82, 2.24) is 14.4 Å². The molecule has 0 aliphatic carbocycles. The van der Waals surface area contributed by atoms with Crippen LogP contribution in [0.15, 0.2) is 42.5 Å². The molecule has 1 amide bonds. The van der Waals surface area contributed by atoms with E-state index in [4.69, 9.17) is 9.47 Å². The molecule has 0 N–H and O–H groups in total. The summed E-state index contributed by atoms with van der Waals surface area (Å²) in [6, 6.07) is 13.8. The van der Waals surface area contributed by atoms with Crippen molar-refractivity contribution < 1.29 is 19.1 Å². The minimum atomic E-state index is -0.337. The summed E-state index contributed by atoms with van der Waals surface area (Å²) in [5.41, 5.74) is 5.39. The molecule has 7 nitrogen and oxygen atoms in total. The van der Waals surface area contributed by atoms with E-state index < -0.39 is 0 Å². The van der Waals surface area contributed by atoms with Crippen molar-refractivity contribution in [3.05, 3.63) is 64.8 Å². The standard InChI is InChI=1S/C25H29N3O4/c1-17-12-27(15-26(2)16-29)14-23-24(17)21-11-20(31-3)9-10-22(21)28(23)13-18-5-7-19(8-6-18)25(30)32-4/h5-11,16-17H,12-15H2,1-4H3. The van der Waals surface area contributed by atoms with E-state index in [0.717, 1.165) is 36.3 Å². The summed E-state index contributed by atoms with van der Waals surface area (Å²) in [6.07, 6.45) is 0.865. The predicted octanol–water partition coefficient (Wildman–Crippen LogP) is 3.45. The number of fused-ring (bicyclic) bond motifs is 3. The maximum Gasteiger partial charge on any atom is 0.337 e. The smallest absolute Gasteiger partial charge is 0.337 e. The van der Waals surface area contributed by atoms with E-state index >= 15 is 0 Å². The molecule has 0 saturated heterocycles. The zero-order valence-electron chi connectivity index (χ0n) is 19.0. The summed E-state index contributed by atoms with van der Waals surface area (Å²) in [5.74, 6) is 0.822. The van der Waals surface area contributed by atoms with E-state index in [-0.39, 0.29) is 5.97 Å². The van der Waals surface area contributed by atoms with Gasteiger partial charge in [-0.1, -0.05) is 19.1 Å². The average Bonchev–Trinajstić information content (AvgIpc) is 3.11. The van der Waals surface area contributed by atoms with Crippen molar-refractivity contribution in [3.63, 3.8) is 0 Å². The summed E-state index contributed by atoms with van der Waals surface area (Å²) in [7, 11) is 4.88. The normalized spacial score (nSPS) is 15.9. The van der Waals surface area contributed by atoms with Gasteiger partial charge in [0.15, 0.2) is 0 Å². The van der Waals surface area contributed by atoms with Crippen LogP contribution in [0.25, 0.3) is 10.9 Å². The Morgan fingerprint density at radius 1 is 1.19 bits per heavy atom. The molecule has 0 spiro atoms. The van der Waals surface area contributed by atoms with Crippen LogP contribution in [0.4, 0.5) is 0 Å². The first-order valence-corrected chi connectivity index (χ1v) is 10.7. The Kier molecular flexibility index (Phi) is 6.19. The third-order valence-corrected chi connectivity index (χ3v) is 6.14. The van der Waals surface area contributed by atoms with E-state index in [1.54, 1.807) is 31.2 Å². The summed E-state index contributed by atoms with van der Waals surface area (Å²) in [5, 5.41) is 1.21. The molecule has 1 unspecified atom stereocenters. The Morgan fingerprint density at radius 2 is 1.94 bits per heavy atom. The molecule has 4 rings (SSSR count). The van der Waals surface area contributed by atoms with Crippen LogP contribution in [0.1, 0.15) is 40.0 Å². The van der Waals surface area contributed by atoms with Crippen LogP contribution in [-0.4, -0.2) is 61.2 Å². The summed E-state index contributed by atoms with van der Waals surface area (Å²) in [4.78, 5) is 26.9. The number of amides is 1. The molecular formula is C25H29N3O4. The summed E-state index contributed by atoms with van der Waals surface area (Å²) in [6.45, 7) is 5.15. The van der Waals surface area contributed by atoms with Gasteiger partial charge in [0, 0.05) is 43.3 Å². The highest BCUT2D eigenvalue weighted by atomic mass is 16.5. The number of carbonyl (C=O) groups is 2. The minimum Gasteiger partial charge on any atom is -0.497 e. The number of benzene rings is 2. The van der Waals surface area contributed by atoms with Crippen molar-refractivity contribution in [3.8, 4) is 5.75 Å². The molecule has 2 aromatic carbocycles. The number of carbonyl (C=O) groups excluding carboxylic acids is 2. The van der Waals surface area contributed by atoms with Gasteiger partial charge in [-0.25, -0.2) is 4.79 Å². The monoisotopic (exact) mass is 435 g/mol. The maximum atomic E-state index is 11.8. The summed E-state index contributed by atoms with van der Waals surface area (Å²) < 4.78 is 12.7. The van der Waals surface area contributed by atoms with Crippen molar-refractivity contribution in [2.75, 3.05) is 34.5 Å². The third-order valence-electron chi connectivity index (χ3n) is 6.14. The fraction of sp³-hybridized carbons (Fsp3) is 0.360. The Hall–Kier alpha value is -3.32. The van der Waals surface area contributed by atoms with Crippen LogP contribution in [0, 0.1) is 0 Å². The first-order valence-electron chi connectivity index (χ1n) is 10.7. The lowest BCUT2D eigenvalue weighted by Gasteiger charge is -2.34. The van der Waals surface area contributed by atoms with Crippen LogP contribution in [0.2, 0.25) is 0 Å². The number of methoxy groups -OCH3 is 2. The Morgan fingerprint density at radius 3 is 2.59 bits per heavy atom. The van der Waals surface area contributed by atoms with Gasteiger partial charge in [0.2, 0.25) is 6.41 Å². The molecule has 1 atom stereocenters. The zero-order valence-corrected chi connectivity index (χ0v) is 19.0. The van der Waals surface area contributed by atoms with E-state index in [1.165, 1.54) is 23.8 Å². The van der Waals surface area contributed by atoms with Gasteiger partial charge >= 0.3 is 5.97 Å². The lowest BCUT2D eigenvalue weighted by Crippen LogP contribution is -2.40. The molecule has 1 aliphatic rings.